The zero-order chi connectivity index (χ0) is 31.4. The van der Waals surface area contributed by atoms with E-state index >= 15 is 0 Å². The van der Waals surface area contributed by atoms with Gasteiger partial charge in [-0.15, -0.1) is 0 Å². The van der Waals surface area contributed by atoms with E-state index in [4.69, 9.17) is 9.72 Å². The first-order chi connectivity index (χ1) is 21.8. The van der Waals surface area contributed by atoms with Crippen LogP contribution in [-0.4, -0.2) is 67.5 Å². The van der Waals surface area contributed by atoms with Gasteiger partial charge in [-0.25, -0.2) is 13.4 Å². The molecule has 6 rings (SSSR count). The number of nitro groups is 1. The smallest absolute Gasteiger partial charge is 0.269 e. The number of non-ortho nitro benzene ring substituents is 1. The van der Waals surface area contributed by atoms with Crippen LogP contribution < -0.4 is 14.4 Å². The zero-order valence-corrected chi connectivity index (χ0v) is 25.7. The molecule has 4 aromatic carbocycles. The maximum absolute atomic E-state index is 12.6. The fraction of sp³-hybridized carbons (Fsp3) is 0.242. The molecule has 1 aliphatic heterocycles. The number of ether oxygens (including phenoxy) is 1. The summed E-state index contributed by atoms with van der Waals surface area (Å²) in [4.78, 5) is 23.4. The molecule has 0 amide bonds. The van der Waals surface area contributed by atoms with E-state index in [-0.39, 0.29) is 10.6 Å². The van der Waals surface area contributed by atoms with Gasteiger partial charge in [0.05, 0.1) is 21.0 Å². The Labute approximate surface area is 261 Å². The summed E-state index contributed by atoms with van der Waals surface area (Å²) in [5.41, 5.74) is 5.74. The molecule has 2 N–H and O–H groups in total. The number of sulfonamides is 1. The third kappa shape index (κ3) is 6.92. The summed E-state index contributed by atoms with van der Waals surface area (Å²) in [6, 6.07) is 26.2. The number of aromatic amines is 1. The number of imidazole rings is 1. The number of H-pyrrole nitrogens is 1. The number of hydrogen-bond acceptors (Lipinski definition) is 8. The molecular formula is C33H34N6O5S. The Balaban J connectivity index is 0.990. The summed E-state index contributed by atoms with van der Waals surface area (Å²) in [7, 11) is -3.88. The topological polar surface area (TPSA) is 134 Å². The van der Waals surface area contributed by atoms with Crippen molar-refractivity contribution in [3.05, 3.63) is 107 Å². The summed E-state index contributed by atoms with van der Waals surface area (Å²) in [6.45, 7) is 7.00. The Morgan fingerprint density at radius 1 is 0.933 bits per heavy atom. The molecule has 1 fully saturated rings. The lowest BCUT2D eigenvalue weighted by molar-refractivity contribution is -0.384. The van der Waals surface area contributed by atoms with Gasteiger partial charge >= 0.3 is 0 Å². The van der Waals surface area contributed by atoms with Crippen molar-refractivity contribution in [2.45, 2.75) is 18.2 Å². The summed E-state index contributed by atoms with van der Waals surface area (Å²) in [5.74, 6) is 1.52. The molecule has 0 bridgehead atoms. The van der Waals surface area contributed by atoms with E-state index in [0.717, 1.165) is 79.4 Å². The van der Waals surface area contributed by atoms with Gasteiger partial charge in [-0.2, -0.15) is 0 Å². The average Bonchev–Trinajstić information content (AvgIpc) is 3.51. The van der Waals surface area contributed by atoms with Crippen LogP contribution in [0.15, 0.2) is 95.9 Å². The van der Waals surface area contributed by atoms with Gasteiger partial charge < -0.3 is 14.6 Å². The largest absolute Gasteiger partial charge is 0.492 e. The number of benzene rings is 4. The molecule has 2 heterocycles. The van der Waals surface area contributed by atoms with Crippen LogP contribution in [0, 0.1) is 10.1 Å². The first-order valence-electron chi connectivity index (χ1n) is 14.8. The molecule has 1 saturated heterocycles. The van der Waals surface area contributed by atoms with Crippen molar-refractivity contribution in [1.29, 1.82) is 0 Å². The third-order valence-corrected chi connectivity index (χ3v) is 9.38. The number of anilines is 2. The highest BCUT2D eigenvalue weighted by Crippen LogP contribution is 2.29. The van der Waals surface area contributed by atoms with Gasteiger partial charge in [0.25, 0.3) is 15.7 Å². The fourth-order valence-electron chi connectivity index (χ4n) is 5.39. The van der Waals surface area contributed by atoms with E-state index in [1.165, 1.54) is 17.7 Å². The van der Waals surface area contributed by atoms with Gasteiger partial charge in [-0.3, -0.25) is 19.7 Å². The minimum Gasteiger partial charge on any atom is -0.492 e. The van der Waals surface area contributed by atoms with Crippen molar-refractivity contribution >= 4 is 38.1 Å². The lowest BCUT2D eigenvalue weighted by Crippen LogP contribution is -2.47. The van der Waals surface area contributed by atoms with Crippen LogP contribution in [0.3, 0.4) is 0 Å². The number of nitro benzene ring substituents is 1. The van der Waals surface area contributed by atoms with Crippen molar-refractivity contribution in [3.63, 3.8) is 0 Å². The molecule has 0 spiro atoms. The zero-order valence-electron chi connectivity index (χ0n) is 24.8. The Bertz CT molecular complexity index is 1880. The van der Waals surface area contributed by atoms with Crippen LogP contribution >= 0.6 is 0 Å². The van der Waals surface area contributed by atoms with Crippen molar-refractivity contribution in [3.8, 4) is 17.1 Å². The van der Waals surface area contributed by atoms with Crippen molar-refractivity contribution in [1.82, 2.24) is 14.9 Å². The van der Waals surface area contributed by atoms with Crippen LogP contribution in [0.25, 0.3) is 22.4 Å². The molecule has 0 aliphatic carbocycles. The highest BCUT2D eigenvalue weighted by Gasteiger charge is 2.21. The van der Waals surface area contributed by atoms with E-state index < -0.39 is 14.9 Å². The van der Waals surface area contributed by atoms with Gasteiger partial charge in [0.2, 0.25) is 0 Å². The number of aromatic nitrogens is 2. The number of fused-ring (bicyclic) bond motifs is 1. The van der Waals surface area contributed by atoms with Crippen LogP contribution in [0.1, 0.15) is 12.5 Å². The van der Waals surface area contributed by atoms with Gasteiger partial charge in [0, 0.05) is 56.1 Å². The second-order valence-corrected chi connectivity index (χ2v) is 12.5. The van der Waals surface area contributed by atoms with Crippen LogP contribution in [0.4, 0.5) is 17.1 Å². The van der Waals surface area contributed by atoms with Crippen molar-refractivity contribution < 1.29 is 18.1 Å². The number of piperazine rings is 1. The fourth-order valence-corrected chi connectivity index (χ4v) is 6.45. The Morgan fingerprint density at radius 2 is 1.64 bits per heavy atom. The molecule has 0 radical (unpaired) electrons. The molecule has 0 unspecified atom stereocenters. The van der Waals surface area contributed by atoms with Crippen LogP contribution in [0.5, 0.6) is 5.75 Å². The van der Waals surface area contributed by atoms with Crippen LogP contribution in [-0.2, 0) is 16.4 Å². The molecule has 12 heteroatoms. The third-order valence-electron chi connectivity index (χ3n) is 7.98. The predicted molar refractivity (Wildman–Crippen MR) is 175 cm³/mol. The van der Waals surface area contributed by atoms with Gasteiger partial charge in [0.15, 0.2) is 0 Å². The quantitative estimate of drug-likeness (QED) is 0.141. The molecule has 232 valence electrons. The molecule has 5 aromatic rings. The summed E-state index contributed by atoms with van der Waals surface area (Å²) >= 11 is 0. The van der Waals surface area contributed by atoms with Crippen molar-refractivity contribution in [2.24, 2.45) is 0 Å². The normalized spacial score (nSPS) is 14.0. The second kappa shape index (κ2) is 13.0. The van der Waals surface area contributed by atoms with E-state index in [9.17, 15) is 18.5 Å². The number of hydrogen-bond donors (Lipinski definition) is 2. The van der Waals surface area contributed by atoms with Crippen molar-refractivity contribution in [2.75, 3.05) is 49.0 Å². The van der Waals surface area contributed by atoms with Gasteiger partial charge in [-0.05, 0) is 60.5 Å². The van der Waals surface area contributed by atoms with Gasteiger partial charge in [-0.1, -0.05) is 37.3 Å². The standard InChI is InChI=1S/C33H34N6O5S/c1-2-24-6-8-25(9-7-24)33-34-30-4-3-5-31(32(30)35-33)38-20-18-37(19-21-38)22-23-44-28-14-10-26(11-15-28)36-45(42,43)29-16-12-27(13-17-29)39(40)41/h3-17,36H,2,18-23H2,1H3,(H,34,35). The maximum atomic E-state index is 12.6. The minimum atomic E-state index is -3.88. The molecule has 11 nitrogen and oxygen atoms in total. The molecule has 0 saturated carbocycles. The highest BCUT2D eigenvalue weighted by atomic mass is 32.2. The Kier molecular flexibility index (Phi) is 8.67. The molecular weight excluding hydrogens is 592 g/mol. The van der Waals surface area contributed by atoms with E-state index in [2.05, 4.69) is 68.9 Å². The molecule has 0 atom stereocenters. The number of aryl methyl sites for hydroxylation is 1. The summed E-state index contributed by atoms with van der Waals surface area (Å²) in [6.07, 6.45) is 1.01. The lowest BCUT2D eigenvalue weighted by atomic mass is 10.1. The lowest BCUT2D eigenvalue weighted by Gasteiger charge is -2.36. The minimum absolute atomic E-state index is 0.0584. The Morgan fingerprint density at radius 3 is 2.31 bits per heavy atom. The highest BCUT2D eigenvalue weighted by molar-refractivity contribution is 7.92. The first-order valence-corrected chi connectivity index (χ1v) is 16.3. The summed E-state index contributed by atoms with van der Waals surface area (Å²) in [5, 5.41) is 10.8. The average molecular weight is 627 g/mol. The first kappa shape index (κ1) is 30.1. The maximum Gasteiger partial charge on any atom is 0.269 e. The molecule has 1 aromatic heterocycles. The van der Waals surface area contributed by atoms with E-state index in [1.807, 2.05) is 0 Å². The SMILES string of the molecule is CCc1ccc(-c2nc3c(N4CCN(CCOc5ccc(NS(=O)(=O)c6ccc([N+](=O)[O-])cc6)cc5)CC4)cccc3[nH]2)cc1. The second-order valence-electron chi connectivity index (χ2n) is 10.9. The van der Waals surface area contributed by atoms with Gasteiger partial charge in [0.1, 0.15) is 23.7 Å². The Hall–Kier alpha value is -4.94. The molecule has 1 aliphatic rings. The number of para-hydroxylation sites is 1. The van der Waals surface area contributed by atoms with E-state index in [1.54, 1.807) is 24.3 Å². The predicted octanol–water partition coefficient (Wildman–Crippen LogP) is 5.70. The van der Waals surface area contributed by atoms with E-state index in [0.29, 0.717) is 18.0 Å². The number of rotatable bonds is 11. The monoisotopic (exact) mass is 626 g/mol. The number of nitrogens with one attached hydrogen (secondary N) is 2. The number of nitrogens with zero attached hydrogens (tertiary/aromatic N) is 4. The van der Waals surface area contributed by atoms with Crippen LogP contribution in [0.2, 0.25) is 0 Å². The molecule has 45 heavy (non-hydrogen) atoms. The summed E-state index contributed by atoms with van der Waals surface area (Å²) < 4.78 is 33.7.